The minimum absolute atomic E-state index is 0.0162. The summed E-state index contributed by atoms with van der Waals surface area (Å²) in [6.45, 7) is 3.82. The highest BCUT2D eigenvalue weighted by molar-refractivity contribution is 5.80. The fourth-order valence-electron chi connectivity index (χ4n) is 1.68. The number of carbonyl (C=O) groups excluding carboxylic acids is 1. The number of nitrogens with one attached hydrogen (secondary N) is 1. The van der Waals surface area contributed by atoms with Crippen molar-refractivity contribution in [3.8, 4) is 0 Å². The Labute approximate surface area is 79.5 Å². The fourth-order valence-corrected chi connectivity index (χ4v) is 1.68. The van der Waals surface area contributed by atoms with Gasteiger partial charge < -0.3 is 11.1 Å². The highest BCUT2D eigenvalue weighted by Gasteiger charge is 2.24. The van der Waals surface area contributed by atoms with Gasteiger partial charge in [-0.1, -0.05) is 0 Å². The van der Waals surface area contributed by atoms with Crippen molar-refractivity contribution in [2.75, 3.05) is 20.1 Å². The summed E-state index contributed by atoms with van der Waals surface area (Å²) < 4.78 is 0. The quantitative estimate of drug-likeness (QED) is 0.612. The van der Waals surface area contributed by atoms with E-state index in [0.717, 1.165) is 25.9 Å². The predicted molar refractivity (Wildman–Crippen MR) is 52.3 cm³/mol. The monoisotopic (exact) mass is 185 g/mol. The van der Waals surface area contributed by atoms with Crippen molar-refractivity contribution in [1.29, 1.82) is 0 Å². The van der Waals surface area contributed by atoms with Gasteiger partial charge in [0, 0.05) is 26.2 Å². The number of rotatable bonds is 2. The lowest BCUT2D eigenvalue weighted by Crippen LogP contribution is -2.49. The number of amides is 1. The highest BCUT2D eigenvalue weighted by Crippen LogP contribution is 2.11. The van der Waals surface area contributed by atoms with Crippen LogP contribution < -0.4 is 11.1 Å². The lowest BCUT2D eigenvalue weighted by atomic mass is 10.0. The molecular formula is C9H19N3O. The van der Waals surface area contributed by atoms with Crippen molar-refractivity contribution >= 4 is 5.91 Å². The van der Waals surface area contributed by atoms with Gasteiger partial charge in [-0.3, -0.25) is 9.69 Å². The van der Waals surface area contributed by atoms with E-state index < -0.39 is 0 Å². The number of likely N-dealkylation sites (N-methyl/N-ethyl adjacent to an activating group) is 1. The van der Waals surface area contributed by atoms with Gasteiger partial charge in [0.1, 0.15) is 0 Å². The average Bonchev–Trinajstić information content (AvgIpc) is 2.17. The number of carbonyl (C=O) groups is 1. The van der Waals surface area contributed by atoms with E-state index in [4.69, 9.17) is 5.73 Å². The summed E-state index contributed by atoms with van der Waals surface area (Å²) >= 11 is 0. The Morgan fingerprint density at radius 2 is 2.08 bits per heavy atom. The van der Waals surface area contributed by atoms with E-state index in [9.17, 15) is 4.79 Å². The van der Waals surface area contributed by atoms with Crippen molar-refractivity contribution in [1.82, 2.24) is 10.2 Å². The first-order chi connectivity index (χ1) is 6.15. The van der Waals surface area contributed by atoms with Crippen LogP contribution in [-0.2, 0) is 4.79 Å². The summed E-state index contributed by atoms with van der Waals surface area (Å²) in [7, 11) is 1.68. The molecule has 0 aliphatic carbocycles. The first-order valence-electron chi connectivity index (χ1n) is 4.86. The van der Waals surface area contributed by atoms with Crippen LogP contribution in [0.1, 0.15) is 19.8 Å². The largest absolute Gasteiger partial charge is 0.358 e. The topological polar surface area (TPSA) is 58.4 Å². The zero-order valence-electron chi connectivity index (χ0n) is 8.42. The van der Waals surface area contributed by atoms with Gasteiger partial charge in [-0.25, -0.2) is 0 Å². The third kappa shape index (κ3) is 2.67. The molecule has 0 aromatic heterocycles. The molecule has 0 radical (unpaired) electrons. The van der Waals surface area contributed by atoms with Gasteiger partial charge >= 0.3 is 0 Å². The van der Waals surface area contributed by atoms with Crippen LogP contribution in [0.15, 0.2) is 0 Å². The van der Waals surface area contributed by atoms with Gasteiger partial charge in [-0.15, -0.1) is 0 Å². The van der Waals surface area contributed by atoms with Gasteiger partial charge in [0.25, 0.3) is 0 Å². The molecule has 4 nitrogen and oxygen atoms in total. The van der Waals surface area contributed by atoms with Crippen LogP contribution >= 0.6 is 0 Å². The molecule has 3 N–H and O–H groups in total. The standard InChI is InChI=1S/C9H19N3O/c1-7(9(13)11-2)12-5-3-8(10)4-6-12/h7-8H,3-6,10H2,1-2H3,(H,11,13). The maximum absolute atomic E-state index is 11.3. The molecule has 0 saturated carbocycles. The molecule has 0 aromatic rings. The third-order valence-electron chi connectivity index (χ3n) is 2.75. The lowest BCUT2D eigenvalue weighted by Gasteiger charge is -2.33. The van der Waals surface area contributed by atoms with Gasteiger partial charge in [0.2, 0.25) is 5.91 Å². The molecule has 0 bridgehead atoms. The molecule has 0 spiro atoms. The fraction of sp³-hybridized carbons (Fsp3) is 0.889. The summed E-state index contributed by atoms with van der Waals surface area (Å²) in [4.78, 5) is 13.5. The summed E-state index contributed by atoms with van der Waals surface area (Å²) in [5, 5.41) is 2.66. The average molecular weight is 185 g/mol. The molecule has 1 aliphatic rings. The van der Waals surface area contributed by atoms with Crippen LogP contribution in [0.5, 0.6) is 0 Å². The van der Waals surface area contributed by atoms with E-state index in [1.54, 1.807) is 7.05 Å². The number of likely N-dealkylation sites (tertiary alicyclic amines) is 1. The molecule has 1 saturated heterocycles. The van der Waals surface area contributed by atoms with E-state index in [-0.39, 0.29) is 11.9 Å². The molecule has 1 heterocycles. The van der Waals surface area contributed by atoms with E-state index in [2.05, 4.69) is 10.2 Å². The summed E-state index contributed by atoms with van der Waals surface area (Å²) in [5.74, 6) is 0.0930. The Morgan fingerprint density at radius 1 is 1.54 bits per heavy atom. The molecule has 1 rings (SSSR count). The summed E-state index contributed by atoms with van der Waals surface area (Å²) in [6.07, 6.45) is 2.00. The minimum atomic E-state index is -0.0162. The van der Waals surface area contributed by atoms with Crippen molar-refractivity contribution < 1.29 is 4.79 Å². The first-order valence-corrected chi connectivity index (χ1v) is 4.86. The van der Waals surface area contributed by atoms with Gasteiger partial charge in [-0.2, -0.15) is 0 Å². The smallest absolute Gasteiger partial charge is 0.236 e. The molecular weight excluding hydrogens is 166 g/mol. The van der Waals surface area contributed by atoms with Crippen LogP contribution in [0.2, 0.25) is 0 Å². The Bertz CT molecular complexity index is 176. The lowest BCUT2D eigenvalue weighted by molar-refractivity contribution is -0.125. The summed E-state index contributed by atoms with van der Waals surface area (Å²) in [5.41, 5.74) is 5.78. The Hall–Kier alpha value is -0.610. The molecule has 1 unspecified atom stereocenters. The third-order valence-corrected chi connectivity index (χ3v) is 2.75. The number of nitrogens with two attached hydrogens (primary N) is 1. The highest BCUT2D eigenvalue weighted by atomic mass is 16.2. The maximum atomic E-state index is 11.3. The number of nitrogens with zero attached hydrogens (tertiary/aromatic N) is 1. The zero-order valence-corrected chi connectivity index (χ0v) is 8.42. The number of piperidine rings is 1. The van der Waals surface area contributed by atoms with Crippen LogP contribution in [0.3, 0.4) is 0 Å². The zero-order chi connectivity index (χ0) is 9.84. The maximum Gasteiger partial charge on any atom is 0.236 e. The van der Waals surface area contributed by atoms with Crippen LogP contribution in [0.4, 0.5) is 0 Å². The van der Waals surface area contributed by atoms with Crippen LogP contribution in [0, 0.1) is 0 Å². The van der Waals surface area contributed by atoms with E-state index in [0.29, 0.717) is 6.04 Å². The number of hydrogen-bond donors (Lipinski definition) is 2. The Morgan fingerprint density at radius 3 is 2.54 bits per heavy atom. The van der Waals surface area contributed by atoms with E-state index in [1.807, 2.05) is 6.92 Å². The van der Waals surface area contributed by atoms with E-state index in [1.165, 1.54) is 0 Å². The Kier molecular flexibility index (Phi) is 3.69. The number of hydrogen-bond acceptors (Lipinski definition) is 3. The van der Waals surface area contributed by atoms with Crippen LogP contribution in [-0.4, -0.2) is 43.0 Å². The van der Waals surface area contributed by atoms with Crippen molar-refractivity contribution in [3.05, 3.63) is 0 Å². The molecule has 76 valence electrons. The van der Waals surface area contributed by atoms with Crippen molar-refractivity contribution in [3.63, 3.8) is 0 Å². The van der Waals surface area contributed by atoms with Crippen molar-refractivity contribution in [2.24, 2.45) is 5.73 Å². The molecule has 1 aliphatic heterocycles. The van der Waals surface area contributed by atoms with Crippen molar-refractivity contribution in [2.45, 2.75) is 31.8 Å². The first kappa shape index (κ1) is 10.5. The molecule has 1 amide bonds. The predicted octanol–water partition coefficient (Wildman–Crippen LogP) is -0.456. The van der Waals surface area contributed by atoms with E-state index >= 15 is 0 Å². The Balaban J connectivity index is 2.39. The normalized spacial score (nSPS) is 22.7. The van der Waals surface area contributed by atoms with Crippen LogP contribution in [0.25, 0.3) is 0 Å². The molecule has 0 aromatic carbocycles. The SMILES string of the molecule is CNC(=O)C(C)N1CCC(N)CC1. The minimum Gasteiger partial charge on any atom is -0.358 e. The van der Waals surface area contributed by atoms with Gasteiger partial charge in [-0.05, 0) is 19.8 Å². The second-order valence-corrected chi connectivity index (χ2v) is 3.66. The molecule has 4 heteroatoms. The van der Waals surface area contributed by atoms with Gasteiger partial charge in [0.15, 0.2) is 0 Å². The second-order valence-electron chi connectivity index (χ2n) is 3.66. The molecule has 13 heavy (non-hydrogen) atoms. The second kappa shape index (κ2) is 4.58. The van der Waals surface area contributed by atoms with Gasteiger partial charge in [0.05, 0.1) is 6.04 Å². The summed E-state index contributed by atoms with van der Waals surface area (Å²) in [6, 6.07) is 0.311. The molecule has 1 fully saturated rings. The molecule has 1 atom stereocenters.